The zero-order chi connectivity index (χ0) is 27.2. The number of carboxylic acids is 1. The normalized spacial score (nSPS) is 17.6. The van der Waals surface area contributed by atoms with E-state index in [0.29, 0.717) is 28.9 Å². The Morgan fingerprint density at radius 1 is 1.05 bits per heavy atom. The Morgan fingerprint density at radius 2 is 1.84 bits per heavy atom. The van der Waals surface area contributed by atoms with Gasteiger partial charge in [-0.1, -0.05) is 36.4 Å². The number of anilines is 2. The minimum absolute atomic E-state index is 0.148. The lowest BCUT2D eigenvalue weighted by atomic mass is 9.97. The number of aliphatic carboxylic acids is 1. The fourth-order valence-corrected chi connectivity index (χ4v) is 4.33. The van der Waals surface area contributed by atoms with E-state index >= 15 is 0 Å². The van der Waals surface area contributed by atoms with Gasteiger partial charge in [-0.3, -0.25) is 19.7 Å². The minimum atomic E-state index is -1.11. The molecule has 38 heavy (non-hydrogen) atoms. The van der Waals surface area contributed by atoms with Crippen LogP contribution in [0.25, 0.3) is 0 Å². The number of nitrogens with two attached hydrogens (primary N) is 1. The third-order valence-corrected chi connectivity index (χ3v) is 6.26. The van der Waals surface area contributed by atoms with E-state index in [0.717, 1.165) is 11.1 Å². The fraction of sp³-hybridized carbons (Fsp3) is 0.214. The molecule has 0 aliphatic carbocycles. The molecule has 1 unspecified atom stereocenters. The molecule has 0 aromatic heterocycles. The summed E-state index contributed by atoms with van der Waals surface area (Å²) in [7, 11) is 0. The quantitative estimate of drug-likeness (QED) is 0.346. The molecule has 2 atom stereocenters. The van der Waals surface area contributed by atoms with Crippen molar-refractivity contribution in [2.75, 3.05) is 17.2 Å². The molecule has 3 aromatic carbocycles. The van der Waals surface area contributed by atoms with Gasteiger partial charge in [0.2, 0.25) is 11.8 Å². The molecular weight excluding hydrogens is 488 g/mol. The highest BCUT2D eigenvalue weighted by Crippen LogP contribution is 2.27. The lowest BCUT2D eigenvalue weighted by molar-refractivity contribution is -0.137. The summed E-state index contributed by atoms with van der Waals surface area (Å²) in [5.74, 6) is -2.19. The number of amides is 3. The van der Waals surface area contributed by atoms with E-state index < -0.39 is 36.0 Å². The van der Waals surface area contributed by atoms with Crippen LogP contribution in [0, 0.1) is 6.92 Å². The Hall–Kier alpha value is -4.86. The van der Waals surface area contributed by atoms with Gasteiger partial charge in [0.25, 0.3) is 0 Å². The summed E-state index contributed by atoms with van der Waals surface area (Å²) >= 11 is 0. The molecule has 6 N–H and O–H groups in total. The first kappa shape index (κ1) is 26.2. The van der Waals surface area contributed by atoms with Gasteiger partial charge in [0.1, 0.15) is 6.04 Å². The number of hydrogen-bond acceptors (Lipinski definition) is 6. The van der Waals surface area contributed by atoms with Crippen LogP contribution in [0.3, 0.4) is 0 Å². The first-order chi connectivity index (χ1) is 18.2. The average molecular weight is 517 g/mol. The monoisotopic (exact) mass is 516 g/mol. The summed E-state index contributed by atoms with van der Waals surface area (Å²) < 4.78 is 5.32. The van der Waals surface area contributed by atoms with Gasteiger partial charge in [-0.15, -0.1) is 0 Å². The summed E-state index contributed by atoms with van der Waals surface area (Å²) in [6.45, 7) is 2.04. The van der Waals surface area contributed by atoms with E-state index in [9.17, 15) is 24.3 Å². The molecule has 3 aromatic rings. The predicted octanol–water partition coefficient (Wildman–Crippen LogP) is 3.68. The number of ether oxygens (including phenoxy) is 1. The second kappa shape index (κ2) is 11.5. The minimum Gasteiger partial charge on any atom is -0.481 e. The maximum Gasteiger partial charge on any atom is 0.411 e. The highest BCUT2D eigenvalue weighted by atomic mass is 16.5. The van der Waals surface area contributed by atoms with E-state index in [1.165, 1.54) is 0 Å². The van der Waals surface area contributed by atoms with Crippen molar-refractivity contribution in [3.63, 3.8) is 0 Å². The van der Waals surface area contributed by atoms with Gasteiger partial charge in [-0.2, -0.15) is 0 Å². The Labute approximate surface area is 219 Å². The highest BCUT2D eigenvalue weighted by molar-refractivity contribution is 5.94. The smallest absolute Gasteiger partial charge is 0.411 e. The number of hydrogen-bond donors (Lipinski definition) is 5. The molecule has 3 amide bonds. The standard InChI is InChI=1S/C28H28N4O6/c1-16-12-19-9-8-17(16)10-11-38-28(37)31-22-7-2-4-18(13-22)23(15-24(33)34)32-27(36)25(19)30-21-6-3-5-20(14-21)26(29)35/h2-9,12-14,23,25,30H,10-11,15H2,1H3,(H2,29,35)(H,31,37)(H,32,36)(H,33,34)/t23?,25-/m1/s1. The van der Waals surface area contributed by atoms with Crippen LogP contribution in [-0.4, -0.2) is 35.6 Å². The number of carbonyl (C=O) groups is 4. The van der Waals surface area contributed by atoms with Crippen molar-refractivity contribution in [1.82, 2.24) is 5.32 Å². The molecule has 0 saturated carbocycles. The van der Waals surface area contributed by atoms with Gasteiger partial charge in [0.15, 0.2) is 0 Å². The topological polar surface area (TPSA) is 160 Å². The van der Waals surface area contributed by atoms with Crippen LogP contribution in [0.4, 0.5) is 16.2 Å². The van der Waals surface area contributed by atoms with Crippen molar-refractivity contribution in [3.8, 4) is 0 Å². The second-order valence-corrected chi connectivity index (χ2v) is 9.00. The number of benzene rings is 3. The predicted molar refractivity (Wildman–Crippen MR) is 141 cm³/mol. The molecule has 0 saturated heterocycles. The van der Waals surface area contributed by atoms with Crippen LogP contribution in [0.2, 0.25) is 0 Å². The van der Waals surface area contributed by atoms with E-state index in [-0.39, 0.29) is 18.6 Å². The maximum absolute atomic E-state index is 13.7. The van der Waals surface area contributed by atoms with Crippen LogP contribution < -0.4 is 21.7 Å². The molecule has 4 bridgehead atoms. The zero-order valence-electron chi connectivity index (χ0n) is 20.7. The second-order valence-electron chi connectivity index (χ2n) is 9.00. The van der Waals surface area contributed by atoms with Crippen molar-refractivity contribution in [1.29, 1.82) is 0 Å². The van der Waals surface area contributed by atoms with Gasteiger partial charge in [0.05, 0.1) is 19.1 Å². The van der Waals surface area contributed by atoms with Gasteiger partial charge in [0, 0.05) is 23.4 Å². The molecule has 10 nitrogen and oxygen atoms in total. The SMILES string of the molecule is Cc1cc2ccc1CCOC(=O)Nc1cccc(c1)C(CC(=O)O)NC(=O)[C@@H]2Nc1cccc(C(N)=O)c1. The molecule has 2 heterocycles. The molecule has 196 valence electrons. The number of carboxylic acid groups (broad SMARTS) is 1. The Bertz CT molecular complexity index is 1390. The number of carbonyl (C=O) groups excluding carboxylic acids is 3. The molecule has 2 aliphatic rings. The van der Waals surface area contributed by atoms with Gasteiger partial charge in [-0.05, 0) is 59.5 Å². The van der Waals surface area contributed by atoms with Crippen LogP contribution in [0.15, 0.2) is 66.7 Å². The van der Waals surface area contributed by atoms with Crippen LogP contribution in [-0.2, 0) is 20.7 Å². The fourth-order valence-electron chi connectivity index (χ4n) is 4.33. The number of nitrogens with one attached hydrogen (secondary N) is 3. The number of rotatable bonds is 5. The zero-order valence-corrected chi connectivity index (χ0v) is 20.7. The Balaban J connectivity index is 1.77. The van der Waals surface area contributed by atoms with Crippen molar-refractivity contribution < 1.29 is 29.0 Å². The number of fused-ring (bicyclic) bond motifs is 9. The lowest BCUT2D eigenvalue weighted by Gasteiger charge is -2.25. The number of primary amides is 1. The van der Waals surface area contributed by atoms with Crippen LogP contribution in [0.1, 0.15) is 51.1 Å². The molecule has 0 radical (unpaired) electrons. The number of aryl methyl sites for hydroxylation is 1. The summed E-state index contributed by atoms with van der Waals surface area (Å²) in [6.07, 6.45) is -0.544. The molecule has 2 aliphatic heterocycles. The third kappa shape index (κ3) is 6.47. The van der Waals surface area contributed by atoms with Gasteiger partial charge < -0.3 is 26.2 Å². The molecule has 5 rings (SSSR count). The molecule has 0 spiro atoms. The maximum atomic E-state index is 13.7. The third-order valence-electron chi connectivity index (χ3n) is 6.26. The van der Waals surface area contributed by atoms with Crippen molar-refractivity contribution in [2.45, 2.75) is 31.8 Å². The van der Waals surface area contributed by atoms with Crippen molar-refractivity contribution in [3.05, 3.63) is 94.5 Å². The van der Waals surface area contributed by atoms with Gasteiger partial charge >= 0.3 is 12.1 Å². The highest BCUT2D eigenvalue weighted by Gasteiger charge is 2.26. The average Bonchev–Trinajstić information content (AvgIpc) is 2.87. The Kier molecular flexibility index (Phi) is 7.91. The largest absolute Gasteiger partial charge is 0.481 e. The molecular formula is C28H28N4O6. The molecule has 0 fully saturated rings. The molecule has 10 heteroatoms. The summed E-state index contributed by atoms with van der Waals surface area (Å²) in [6, 6.07) is 16.7. The van der Waals surface area contributed by atoms with E-state index in [1.54, 1.807) is 54.6 Å². The van der Waals surface area contributed by atoms with E-state index in [2.05, 4.69) is 16.0 Å². The van der Waals surface area contributed by atoms with Gasteiger partial charge in [-0.25, -0.2) is 4.79 Å². The summed E-state index contributed by atoms with van der Waals surface area (Å²) in [5, 5.41) is 18.2. The first-order valence-corrected chi connectivity index (χ1v) is 12.0. The van der Waals surface area contributed by atoms with E-state index in [1.807, 2.05) is 19.1 Å². The summed E-state index contributed by atoms with van der Waals surface area (Å²) in [5.41, 5.74) is 9.54. The van der Waals surface area contributed by atoms with Crippen LogP contribution >= 0.6 is 0 Å². The van der Waals surface area contributed by atoms with E-state index in [4.69, 9.17) is 10.5 Å². The van der Waals surface area contributed by atoms with Crippen LogP contribution in [0.5, 0.6) is 0 Å². The lowest BCUT2D eigenvalue weighted by Crippen LogP contribution is -2.37. The summed E-state index contributed by atoms with van der Waals surface area (Å²) in [4.78, 5) is 49.4. The Morgan fingerprint density at radius 3 is 2.58 bits per heavy atom. The van der Waals surface area contributed by atoms with Crippen molar-refractivity contribution >= 4 is 35.3 Å². The van der Waals surface area contributed by atoms with Crippen molar-refractivity contribution in [2.24, 2.45) is 5.73 Å². The first-order valence-electron chi connectivity index (χ1n) is 12.0.